The number of nitrogens with two attached hydrogens (primary N) is 1. The Morgan fingerprint density at radius 3 is 2.65 bits per heavy atom. The number of aromatic nitrogens is 1. The van der Waals surface area contributed by atoms with Gasteiger partial charge in [-0.1, -0.05) is 35.6 Å². The third-order valence-corrected chi connectivity index (χ3v) is 3.88. The van der Waals surface area contributed by atoms with Gasteiger partial charge in [0.05, 0.1) is 15.9 Å². The van der Waals surface area contributed by atoms with Crippen LogP contribution >= 0.6 is 11.3 Å². The number of anilines is 2. The Morgan fingerprint density at radius 1 is 1.15 bits per heavy atom. The fraction of sp³-hybridized carbons (Fsp3) is 0.0667. The monoisotopic (exact) mass is 282 g/mol. The summed E-state index contributed by atoms with van der Waals surface area (Å²) in [5.41, 5.74) is 12.3. The van der Waals surface area contributed by atoms with E-state index in [2.05, 4.69) is 21.6 Å². The summed E-state index contributed by atoms with van der Waals surface area (Å²) in [6, 6.07) is 15.7. The lowest BCUT2D eigenvalue weighted by Gasteiger charge is -2.01. The van der Waals surface area contributed by atoms with Crippen molar-refractivity contribution in [3.05, 3.63) is 54.1 Å². The van der Waals surface area contributed by atoms with Crippen LogP contribution in [-0.4, -0.2) is 10.7 Å². The van der Waals surface area contributed by atoms with Crippen molar-refractivity contribution >= 4 is 38.1 Å². The van der Waals surface area contributed by atoms with Gasteiger partial charge in [-0.15, -0.1) is 0 Å². The lowest BCUT2D eigenvalue weighted by molar-refractivity contribution is 1.29. The molecular weight excluding hydrogens is 268 g/mol. The number of para-hydroxylation sites is 1. The highest BCUT2D eigenvalue weighted by atomic mass is 32.1. The Bertz CT molecular complexity index is 726. The Morgan fingerprint density at radius 2 is 1.90 bits per heavy atom. The van der Waals surface area contributed by atoms with Crippen molar-refractivity contribution < 1.29 is 0 Å². The van der Waals surface area contributed by atoms with Crippen LogP contribution in [0.15, 0.2) is 53.6 Å². The molecule has 0 bridgehead atoms. The summed E-state index contributed by atoms with van der Waals surface area (Å²) in [6.45, 7) is 1.95. The van der Waals surface area contributed by atoms with Crippen molar-refractivity contribution in [2.75, 3.05) is 11.2 Å². The van der Waals surface area contributed by atoms with E-state index >= 15 is 0 Å². The van der Waals surface area contributed by atoms with Crippen LogP contribution < -0.4 is 11.2 Å². The van der Waals surface area contributed by atoms with Crippen molar-refractivity contribution in [3.8, 4) is 0 Å². The van der Waals surface area contributed by atoms with Crippen LogP contribution in [0, 0.1) is 0 Å². The number of nitrogen functional groups attached to an aromatic ring is 1. The Labute approximate surface area is 121 Å². The van der Waals surface area contributed by atoms with Crippen LogP contribution in [-0.2, 0) is 0 Å². The first-order valence-corrected chi connectivity index (χ1v) is 7.06. The smallest absolute Gasteiger partial charge is 0.204 e. The molecule has 0 aliphatic heterocycles. The predicted molar refractivity (Wildman–Crippen MR) is 86.3 cm³/mol. The number of nitrogens with zero attached hydrogens (tertiary/aromatic N) is 2. The maximum absolute atomic E-state index is 5.67. The lowest BCUT2D eigenvalue weighted by atomic mass is 10.1. The van der Waals surface area contributed by atoms with E-state index in [-0.39, 0.29) is 0 Å². The van der Waals surface area contributed by atoms with Crippen LogP contribution in [0.4, 0.5) is 10.8 Å². The van der Waals surface area contributed by atoms with E-state index in [4.69, 9.17) is 5.73 Å². The maximum Gasteiger partial charge on any atom is 0.204 e. The molecule has 0 amide bonds. The van der Waals surface area contributed by atoms with Crippen molar-refractivity contribution in [1.82, 2.24) is 4.98 Å². The van der Waals surface area contributed by atoms with Crippen molar-refractivity contribution in [1.29, 1.82) is 0 Å². The predicted octanol–water partition coefficient (Wildman–Crippen LogP) is 3.71. The normalized spacial score (nSPS) is 11.8. The fourth-order valence-corrected chi connectivity index (χ4v) is 2.65. The number of hydrazone groups is 1. The molecule has 0 spiro atoms. The zero-order chi connectivity index (χ0) is 13.9. The molecule has 2 aromatic carbocycles. The van der Waals surface area contributed by atoms with Gasteiger partial charge in [0, 0.05) is 5.69 Å². The molecule has 0 fully saturated rings. The highest BCUT2D eigenvalue weighted by Crippen LogP contribution is 2.25. The van der Waals surface area contributed by atoms with E-state index in [1.807, 2.05) is 49.4 Å². The van der Waals surface area contributed by atoms with E-state index in [0.29, 0.717) is 0 Å². The SMILES string of the molecule is C/C(=N\Nc1nc2ccccc2s1)c1ccc(N)cc1. The molecule has 0 aliphatic carbocycles. The van der Waals surface area contributed by atoms with Crippen LogP contribution in [0.2, 0.25) is 0 Å². The zero-order valence-electron chi connectivity index (χ0n) is 11.0. The number of benzene rings is 2. The maximum atomic E-state index is 5.67. The average Bonchev–Trinajstić information content (AvgIpc) is 2.88. The van der Waals surface area contributed by atoms with Gasteiger partial charge in [-0.3, -0.25) is 5.43 Å². The van der Waals surface area contributed by atoms with Gasteiger partial charge in [-0.05, 0) is 36.8 Å². The average molecular weight is 282 g/mol. The molecule has 4 nitrogen and oxygen atoms in total. The summed E-state index contributed by atoms with van der Waals surface area (Å²) in [7, 11) is 0. The third-order valence-electron chi connectivity index (χ3n) is 2.94. The summed E-state index contributed by atoms with van der Waals surface area (Å²) >= 11 is 1.59. The summed E-state index contributed by atoms with van der Waals surface area (Å²) in [6.07, 6.45) is 0. The quantitative estimate of drug-likeness (QED) is 0.437. The molecule has 0 unspecified atom stereocenters. The number of fused-ring (bicyclic) bond motifs is 1. The molecule has 0 aliphatic rings. The van der Waals surface area contributed by atoms with Crippen LogP contribution in [0.25, 0.3) is 10.2 Å². The second-order valence-corrected chi connectivity index (χ2v) is 5.45. The minimum absolute atomic E-state index is 0.751. The van der Waals surface area contributed by atoms with Gasteiger partial charge in [0.25, 0.3) is 0 Å². The van der Waals surface area contributed by atoms with Gasteiger partial charge < -0.3 is 5.73 Å². The van der Waals surface area contributed by atoms with E-state index in [1.165, 1.54) is 0 Å². The highest BCUT2D eigenvalue weighted by Gasteiger charge is 2.02. The van der Waals surface area contributed by atoms with Crippen molar-refractivity contribution in [2.24, 2.45) is 5.10 Å². The molecule has 1 aromatic heterocycles. The van der Waals surface area contributed by atoms with E-state index in [1.54, 1.807) is 11.3 Å². The zero-order valence-corrected chi connectivity index (χ0v) is 11.8. The van der Waals surface area contributed by atoms with Crippen LogP contribution in [0.1, 0.15) is 12.5 Å². The minimum atomic E-state index is 0.751. The molecule has 3 rings (SSSR count). The number of rotatable bonds is 3. The Kier molecular flexibility index (Phi) is 3.35. The summed E-state index contributed by atoms with van der Waals surface area (Å²) < 4.78 is 1.15. The molecular formula is C15H14N4S. The van der Waals surface area contributed by atoms with Gasteiger partial charge in [-0.25, -0.2) is 4.98 Å². The topological polar surface area (TPSA) is 63.3 Å². The minimum Gasteiger partial charge on any atom is -0.399 e. The molecule has 3 aromatic rings. The summed E-state index contributed by atoms with van der Waals surface area (Å²) in [5.74, 6) is 0. The van der Waals surface area contributed by atoms with Crippen LogP contribution in [0.5, 0.6) is 0 Å². The van der Waals surface area contributed by atoms with Gasteiger partial charge in [-0.2, -0.15) is 5.10 Å². The van der Waals surface area contributed by atoms with E-state index in [0.717, 1.165) is 32.3 Å². The molecule has 3 N–H and O–H groups in total. The van der Waals surface area contributed by atoms with Gasteiger partial charge in [0.15, 0.2) is 0 Å². The van der Waals surface area contributed by atoms with E-state index in [9.17, 15) is 0 Å². The van der Waals surface area contributed by atoms with Gasteiger partial charge in [0.2, 0.25) is 5.13 Å². The highest BCUT2D eigenvalue weighted by molar-refractivity contribution is 7.22. The molecule has 5 heteroatoms. The first-order chi connectivity index (χ1) is 9.72. The number of hydrogen-bond donors (Lipinski definition) is 2. The first-order valence-electron chi connectivity index (χ1n) is 6.24. The van der Waals surface area contributed by atoms with Crippen molar-refractivity contribution in [3.63, 3.8) is 0 Å². The second-order valence-electron chi connectivity index (χ2n) is 4.42. The van der Waals surface area contributed by atoms with Gasteiger partial charge in [0.1, 0.15) is 0 Å². The van der Waals surface area contributed by atoms with Crippen LogP contribution in [0.3, 0.4) is 0 Å². The second kappa shape index (κ2) is 5.30. The number of nitrogens with one attached hydrogen (secondary N) is 1. The summed E-state index contributed by atoms with van der Waals surface area (Å²) in [5, 5.41) is 5.16. The lowest BCUT2D eigenvalue weighted by Crippen LogP contribution is -1.99. The molecule has 20 heavy (non-hydrogen) atoms. The molecule has 0 saturated heterocycles. The number of thiazole rings is 1. The standard InChI is InChI=1S/C15H14N4S/c1-10(11-6-8-12(16)9-7-11)18-19-15-17-13-4-2-3-5-14(13)20-15/h2-9H,16H2,1H3,(H,17,19)/b18-10+. The molecule has 100 valence electrons. The van der Waals surface area contributed by atoms with E-state index < -0.39 is 0 Å². The first kappa shape index (κ1) is 12.6. The fourth-order valence-electron chi connectivity index (χ4n) is 1.84. The van der Waals surface area contributed by atoms with Crippen molar-refractivity contribution in [2.45, 2.75) is 6.92 Å². The third kappa shape index (κ3) is 2.62. The molecule has 1 heterocycles. The molecule has 0 atom stereocenters. The largest absolute Gasteiger partial charge is 0.399 e. The molecule has 0 saturated carbocycles. The number of hydrogen-bond acceptors (Lipinski definition) is 5. The molecule has 0 radical (unpaired) electrons. The van der Waals surface area contributed by atoms with Gasteiger partial charge >= 0.3 is 0 Å². The summed E-state index contributed by atoms with van der Waals surface area (Å²) in [4.78, 5) is 4.47. The Balaban J connectivity index is 1.80. The Hall–Kier alpha value is -2.40.